The molecule has 0 spiro atoms. The molecule has 0 saturated carbocycles. The SMILES string of the molecule is Cc1ccc([B-](F)(F)F)cc1O.[K+]. The maximum absolute atomic E-state index is 12.1. The van der Waals surface area contributed by atoms with Gasteiger partial charge in [0.25, 0.3) is 0 Å². The zero-order valence-corrected chi connectivity index (χ0v) is 10.5. The van der Waals surface area contributed by atoms with Crippen molar-refractivity contribution in [1.29, 1.82) is 0 Å². The fourth-order valence-corrected chi connectivity index (χ4v) is 0.830. The molecule has 0 amide bonds. The smallest absolute Gasteiger partial charge is 0.508 e. The average molecular weight is 214 g/mol. The first-order valence-corrected chi connectivity index (χ1v) is 3.40. The number of aryl methyl sites for hydroxylation is 1. The van der Waals surface area contributed by atoms with Gasteiger partial charge in [0.05, 0.1) is 0 Å². The van der Waals surface area contributed by atoms with Gasteiger partial charge in [-0.15, -0.1) is 5.46 Å². The Balaban J connectivity index is 0.00000144. The molecule has 0 radical (unpaired) electrons. The van der Waals surface area contributed by atoms with Crippen molar-refractivity contribution < 1.29 is 69.4 Å². The summed E-state index contributed by atoms with van der Waals surface area (Å²) in [6.45, 7) is -3.45. The summed E-state index contributed by atoms with van der Waals surface area (Å²) in [5, 5.41) is 8.97. The third kappa shape index (κ3) is 3.63. The largest absolute Gasteiger partial charge is 1.00 e. The molecule has 0 fully saturated rings. The van der Waals surface area contributed by atoms with Crippen molar-refractivity contribution in [1.82, 2.24) is 0 Å². The van der Waals surface area contributed by atoms with Crippen LogP contribution in [-0.4, -0.2) is 12.1 Å². The van der Waals surface area contributed by atoms with Crippen LogP contribution in [0, 0.1) is 6.92 Å². The standard InChI is InChI=1S/C7H7BF3O.K/c1-5-2-3-6(4-7(5)12)8(9,10)11;/h2-4,12H,1H3;/q-1;+1. The van der Waals surface area contributed by atoms with Crippen molar-refractivity contribution in [3.63, 3.8) is 0 Å². The Morgan fingerprint density at radius 2 is 1.77 bits per heavy atom. The first-order chi connectivity index (χ1) is 5.41. The van der Waals surface area contributed by atoms with E-state index in [1.54, 1.807) is 6.92 Å². The normalized spacial score (nSPS) is 10.8. The van der Waals surface area contributed by atoms with Crippen molar-refractivity contribution in [3.8, 4) is 5.75 Å². The van der Waals surface area contributed by atoms with Gasteiger partial charge >= 0.3 is 58.4 Å². The molecule has 0 bridgehead atoms. The Kier molecular flexibility index (Phi) is 5.03. The van der Waals surface area contributed by atoms with Crippen LogP contribution in [0.3, 0.4) is 0 Å². The fraction of sp³-hybridized carbons (Fsp3) is 0.143. The van der Waals surface area contributed by atoms with Crippen LogP contribution < -0.4 is 56.8 Å². The summed E-state index contributed by atoms with van der Waals surface area (Å²) in [5.74, 6) is -0.313. The van der Waals surface area contributed by atoms with Gasteiger partial charge < -0.3 is 18.1 Å². The van der Waals surface area contributed by atoms with Gasteiger partial charge in [-0.25, -0.2) is 0 Å². The van der Waals surface area contributed by atoms with E-state index in [-0.39, 0.29) is 57.1 Å². The number of rotatable bonds is 1. The molecule has 0 heterocycles. The fourth-order valence-electron chi connectivity index (χ4n) is 0.830. The van der Waals surface area contributed by atoms with Gasteiger partial charge in [0, 0.05) is 0 Å². The Hall–Kier alpha value is 0.511. The monoisotopic (exact) mass is 214 g/mol. The third-order valence-corrected chi connectivity index (χ3v) is 1.61. The summed E-state index contributed by atoms with van der Waals surface area (Å²) in [7, 11) is 0. The molecule has 6 heteroatoms. The van der Waals surface area contributed by atoms with Crippen LogP contribution in [0.1, 0.15) is 5.56 Å². The summed E-state index contributed by atoms with van der Waals surface area (Å²) in [6, 6.07) is 2.96. The number of aromatic hydroxyl groups is 1. The van der Waals surface area contributed by atoms with Gasteiger partial charge in [-0.05, 0) is 18.6 Å². The Morgan fingerprint density at radius 3 is 2.15 bits per heavy atom. The minimum Gasteiger partial charge on any atom is -0.508 e. The second-order valence-corrected chi connectivity index (χ2v) is 2.62. The minimum absolute atomic E-state index is 0. The van der Waals surface area contributed by atoms with E-state index in [0.29, 0.717) is 5.56 Å². The summed E-state index contributed by atoms with van der Waals surface area (Å²) >= 11 is 0. The van der Waals surface area contributed by atoms with Gasteiger partial charge in [0.2, 0.25) is 0 Å². The molecule has 0 saturated heterocycles. The summed E-state index contributed by atoms with van der Waals surface area (Å²) in [4.78, 5) is 0. The van der Waals surface area contributed by atoms with Crippen molar-refractivity contribution in [2.45, 2.75) is 6.92 Å². The zero-order valence-electron chi connectivity index (χ0n) is 7.39. The molecule has 1 N–H and O–H groups in total. The maximum atomic E-state index is 12.1. The number of halogens is 3. The molecule has 0 aromatic heterocycles. The van der Waals surface area contributed by atoms with Gasteiger partial charge in [-0.3, -0.25) is 0 Å². The molecule has 1 rings (SSSR count). The second kappa shape index (κ2) is 4.84. The van der Waals surface area contributed by atoms with Crippen LogP contribution in [0.5, 0.6) is 5.75 Å². The van der Waals surface area contributed by atoms with Gasteiger partial charge in [-0.1, -0.05) is 12.1 Å². The van der Waals surface area contributed by atoms with Crippen LogP contribution in [0.4, 0.5) is 12.9 Å². The Labute approximate surface area is 117 Å². The Bertz CT molecular complexity index is 300. The van der Waals surface area contributed by atoms with Crippen molar-refractivity contribution in [2.24, 2.45) is 0 Å². The molecular weight excluding hydrogens is 207 g/mol. The number of phenolic OH excluding ortho intramolecular Hbond substituents is 1. The average Bonchev–Trinajstić information content (AvgIpc) is 1.92. The van der Waals surface area contributed by atoms with Gasteiger partial charge in [0.1, 0.15) is 5.75 Å². The van der Waals surface area contributed by atoms with E-state index >= 15 is 0 Å². The molecule has 0 unspecified atom stereocenters. The molecule has 13 heavy (non-hydrogen) atoms. The van der Waals surface area contributed by atoms with Crippen LogP contribution in [-0.2, 0) is 0 Å². The maximum Gasteiger partial charge on any atom is 1.00 e. The zero-order chi connectivity index (χ0) is 9.35. The van der Waals surface area contributed by atoms with E-state index in [1.807, 2.05) is 0 Å². The number of benzene rings is 1. The van der Waals surface area contributed by atoms with E-state index in [0.717, 1.165) is 12.1 Å². The summed E-state index contributed by atoms with van der Waals surface area (Å²) in [6.07, 6.45) is 0. The van der Waals surface area contributed by atoms with E-state index < -0.39 is 12.4 Å². The van der Waals surface area contributed by atoms with Crippen LogP contribution in [0.25, 0.3) is 0 Å². The molecule has 0 aliphatic rings. The van der Waals surface area contributed by atoms with Crippen molar-refractivity contribution >= 4 is 12.4 Å². The predicted octanol–water partition coefficient (Wildman–Crippen LogP) is -1.24. The van der Waals surface area contributed by atoms with Crippen molar-refractivity contribution in [2.75, 3.05) is 0 Å². The Morgan fingerprint density at radius 1 is 1.23 bits per heavy atom. The summed E-state index contributed by atoms with van der Waals surface area (Å²) in [5.41, 5.74) is -0.322. The number of hydrogen-bond acceptors (Lipinski definition) is 1. The topological polar surface area (TPSA) is 20.2 Å². The minimum atomic E-state index is -5.00. The molecule has 0 aliphatic heterocycles. The molecule has 0 aliphatic carbocycles. The second-order valence-electron chi connectivity index (χ2n) is 2.62. The van der Waals surface area contributed by atoms with Crippen LogP contribution >= 0.6 is 0 Å². The van der Waals surface area contributed by atoms with E-state index in [2.05, 4.69) is 0 Å². The quantitative estimate of drug-likeness (QED) is 0.580. The number of phenols is 1. The van der Waals surface area contributed by atoms with Gasteiger partial charge in [0.15, 0.2) is 0 Å². The molecule has 1 aromatic carbocycles. The van der Waals surface area contributed by atoms with Crippen LogP contribution in [0.2, 0.25) is 0 Å². The predicted molar refractivity (Wildman–Crippen MR) is 41.6 cm³/mol. The molecular formula is C7H7BF3KO. The van der Waals surface area contributed by atoms with Crippen molar-refractivity contribution in [3.05, 3.63) is 23.8 Å². The summed E-state index contributed by atoms with van der Waals surface area (Å²) < 4.78 is 36.2. The third-order valence-electron chi connectivity index (χ3n) is 1.61. The van der Waals surface area contributed by atoms with E-state index in [1.165, 1.54) is 6.07 Å². The van der Waals surface area contributed by atoms with E-state index in [4.69, 9.17) is 5.11 Å². The van der Waals surface area contributed by atoms with Crippen LogP contribution in [0.15, 0.2) is 18.2 Å². The van der Waals surface area contributed by atoms with Gasteiger partial charge in [-0.2, -0.15) is 0 Å². The van der Waals surface area contributed by atoms with E-state index in [9.17, 15) is 12.9 Å². The molecule has 1 nitrogen and oxygen atoms in total. The first-order valence-electron chi connectivity index (χ1n) is 3.40. The first kappa shape index (κ1) is 13.5. The molecule has 1 aromatic rings. The number of hydrogen-bond donors (Lipinski definition) is 1. The molecule has 66 valence electrons. The molecule has 0 atom stereocenters.